The van der Waals surface area contributed by atoms with Crippen LogP contribution in [0.2, 0.25) is 0 Å². The molecule has 1 aliphatic heterocycles. The fourth-order valence-electron chi connectivity index (χ4n) is 5.90. The van der Waals surface area contributed by atoms with E-state index in [1.807, 2.05) is 6.07 Å². The van der Waals surface area contributed by atoms with E-state index >= 15 is 0 Å². The Morgan fingerprint density at radius 2 is 2.07 bits per heavy atom. The summed E-state index contributed by atoms with van der Waals surface area (Å²) in [5, 5.41) is 10.5. The average Bonchev–Trinajstić information content (AvgIpc) is 3.07. The molecular formula is C22H32N2O2S. The molecule has 0 aromatic heterocycles. The van der Waals surface area contributed by atoms with Crippen LogP contribution in [0.25, 0.3) is 0 Å². The van der Waals surface area contributed by atoms with Gasteiger partial charge >= 0.3 is 0 Å². The van der Waals surface area contributed by atoms with Crippen molar-refractivity contribution >= 4 is 17.9 Å². The van der Waals surface area contributed by atoms with E-state index < -0.39 is 0 Å². The number of benzene rings is 1. The number of phenols is 1. The lowest BCUT2D eigenvalue weighted by molar-refractivity contribution is -0.148. The Kier molecular flexibility index (Phi) is 4.75. The van der Waals surface area contributed by atoms with Crippen LogP contribution in [0.4, 0.5) is 0 Å². The maximum absolute atomic E-state index is 13.5. The predicted octanol–water partition coefficient (Wildman–Crippen LogP) is 3.87. The van der Waals surface area contributed by atoms with E-state index in [0.29, 0.717) is 17.7 Å². The average molecular weight is 389 g/mol. The summed E-state index contributed by atoms with van der Waals surface area (Å²) in [6.45, 7) is 7.79. The molecule has 148 valence electrons. The molecule has 4 atom stereocenters. The smallest absolute Gasteiger partial charge is 0.226 e. The molecule has 2 bridgehead atoms. The van der Waals surface area contributed by atoms with Gasteiger partial charge in [-0.1, -0.05) is 44.9 Å². The van der Waals surface area contributed by atoms with Crippen LogP contribution in [-0.4, -0.2) is 40.8 Å². The van der Waals surface area contributed by atoms with Gasteiger partial charge in [-0.2, -0.15) is 0 Å². The van der Waals surface area contributed by atoms with Crippen molar-refractivity contribution < 1.29 is 9.90 Å². The Hall–Kier alpha value is -1.20. The molecule has 2 aliphatic carbocycles. The summed E-state index contributed by atoms with van der Waals surface area (Å²) >= 11 is 1.65. The normalized spacial score (nSPS) is 34.4. The molecular weight excluding hydrogens is 356 g/mol. The zero-order valence-corrected chi connectivity index (χ0v) is 17.7. The number of carbonyl (C=O) groups is 1. The van der Waals surface area contributed by atoms with Gasteiger partial charge in [0.05, 0.1) is 0 Å². The van der Waals surface area contributed by atoms with Gasteiger partial charge in [-0.3, -0.25) is 9.52 Å². The molecule has 1 amide bonds. The highest BCUT2D eigenvalue weighted by molar-refractivity contribution is 7.96. The van der Waals surface area contributed by atoms with E-state index in [1.54, 1.807) is 18.0 Å². The number of aromatic hydroxyl groups is 1. The first-order chi connectivity index (χ1) is 12.8. The van der Waals surface area contributed by atoms with Crippen molar-refractivity contribution in [1.82, 2.24) is 9.62 Å². The molecule has 1 saturated carbocycles. The van der Waals surface area contributed by atoms with Crippen LogP contribution in [0.1, 0.15) is 57.6 Å². The molecule has 4 nitrogen and oxygen atoms in total. The number of amides is 1. The highest BCUT2D eigenvalue weighted by Gasteiger charge is 2.57. The van der Waals surface area contributed by atoms with Crippen molar-refractivity contribution in [2.45, 2.75) is 70.4 Å². The third-order valence-electron chi connectivity index (χ3n) is 7.98. The van der Waals surface area contributed by atoms with Crippen molar-refractivity contribution in [1.29, 1.82) is 0 Å². The standard InChI is InChI=1S/C22H32N2O2S/c1-21(2)19-13-16-17(6-5-7-18(16)25)22(21,3)10-11-24(19)20(26)14-8-9-15(12-14)23-27-4/h5-7,14-15,19,23,25H,8-13H2,1-4H3/t14?,15-,19-,22+/m1/s1. The number of phenolic OH excluding ortho intramolecular Hbond substituents is 1. The second kappa shape index (κ2) is 6.70. The number of hydrogen-bond donors (Lipinski definition) is 2. The number of nitrogens with zero attached hydrogens (tertiary/aromatic N) is 1. The summed E-state index contributed by atoms with van der Waals surface area (Å²) in [4.78, 5) is 15.6. The number of nitrogens with one attached hydrogen (secondary N) is 1. The van der Waals surface area contributed by atoms with E-state index in [4.69, 9.17) is 0 Å². The molecule has 1 aromatic rings. The number of carbonyl (C=O) groups excluding carboxylic acids is 1. The van der Waals surface area contributed by atoms with Gasteiger partial charge in [-0.25, -0.2) is 0 Å². The third-order valence-corrected chi connectivity index (χ3v) is 8.55. The summed E-state index contributed by atoms with van der Waals surface area (Å²) in [7, 11) is 0. The zero-order valence-electron chi connectivity index (χ0n) is 16.9. The van der Waals surface area contributed by atoms with Crippen molar-refractivity contribution in [2.24, 2.45) is 11.3 Å². The lowest BCUT2D eigenvalue weighted by atomic mass is 9.51. The number of fused-ring (bicyclic) bond motifs is 4. The van der Waals surface area contributed by atoms with Crippen LogP contribution >= 0.6 is 11.9 Å². The Labute approximate surface area is 167 Å². The van der Waals surface area contributed by atoms with E-state index in [2.05, 4.69) is 42.7 Å². The van der Waals surface area contributed by atoms with E-state index in [9.17, 15) is 9.90 Å². The lowest BCUT2D eigenvalue weighted by Crippen LogP contribution is -2.65. The third kappa shape index (κ3) is 2.80. The van der Waals surface area contributed by atoms with Gasteiger partial charge in [0.15, 0.2) is 0 Å². The maximum atomic E-state index is 13.5. The molecule has 2 fully saturated rings. The topological polar surface area (TPSA) is 52.6 Å². The van der Waals surface area contributed by atoms with Crippen molar-refractivity contribution in [3.05, 3.63) is 29.3 Å². The van der Waals surface area contributed by atoms with Gasteiger partial charge in [0.2, 0.25) is 5.91 Å². The summed E-state index contributed by atoms with van der Waals surface area (Å²) in [6.07, 6.45) is 6.78. The minimum Gasteiger partial charge on any atom is -0.508 e. The van der Waals surface area contributed by atoms with Crippen LogP contribution in [0.5, 0.6) is 5.75 Å². The highest BCUT2D eigenvalue weighted by Crippen LogP contribution is 2.57. The molecule has 1 unspecified atom stereocenters. The number of rotatable bonds is 3. The number of hydrogen-bond acceptors (Lipinski definition) is 4. The molecule has 0 spiro atoms. The van der Waals surface area contributed by atoms with Crippen LogP contribution in [-0.2, 0) is 16.6 Å². The first-order valence-corrected chi connectivity index (χ1v) is 11.4. The highest BCUT2D eigenvalue weighted by atomic mass is 32.2. The van der Waals surface area contributed by atoms with Gasteiger partial charge in [-0.05, 0) is 61.0 Å². The van der Waals surface area contributed by atoms with Gasteiger partial charge < -0.3 is 10.0 Å². The van der Waals surface area contributed by atoms with Gasteiger partial charge in [0, 0.05) is 30.0 Å². The minimum absolute atomic E-state index is 0.0145. The summed E-state index contributed by atoms with van der Waals surface area (Å²) in [5.41, 5.74) is 2.30. The van der Waals surface area contributed by atoms with E-state index in [-0.39, 0.29) is 22.8 Å². The van der Waals surface area contributed by atoms with Crippen LogP contribution < -0.4 is 4.72 Å². The monoisotopic (exact) mass is 388 g/mol. The number of likely N-dealkylation sites (tertiary alicyclic amines) is 1. The summed E-state index contributed by atoms with van der Waals surface area (Å²) < 4.78 is 3.43. The molecule has 3 aliphatic rings. The summed E-state index contributed by atoms with van der Waals surface area (Å²) in [6, 6.07) is 6.54. The van der Waals surface area contributed by atoms with Crippen molar-refractivity contribution in [2.75, 3.05) is 12.8 Å². The molecule has 1 aromatic carbocycles. The molecule has 5 heteroatoms. The summed E-state index contributed by atoms with van der Waals surface area (Å²) in [5.74, 6) is 0.860. The maximum Gasteiger partial charge on any atom is 0.226 e. The lowest BCUT2D eigenvalue weighted by Gasteiger charge is -2.61. The van der Waals surface area contributed by atoms with E-state index in [0.717, 1.165) is 44.2 Å². The fourth-order valence-corrected chi connectivity index (χ4v) is 6.45. The molecule has 27 heavy (non-hydrogen) atoms. The van der Waals surface area contributed by atoms with Crippen molar-refractivity contribution in [3.63, 3.8) is 0 Å². The SMILES string of the molecule is CSN[C@@H]1CCC(C(=O)N2CC[C@@]3(C)c4cccc(O)c4C[C@@H]2C3(C)C)C1. The first-order valence-electron chi connectivity index (χ1n) is 10.2. The molecule has 1 heterocycles. The van der Waals surface area contributed by atoms with E-state index in [1.165, 1.54) is 5.56 Å². The fraction of sp³-hybridized carbons (Fsp3) is 0.682. The van der Waals surface area contributed by atoms with Crippen molar-refractivity contribution in [3.8, 4) is 5.75 Å². The molecule has 0 radical (unpaired) electrons. The largest absolute Gasteiger partial charge is 0.508 e. The second-order valence-electron chi connectivity index (χ2n) is 9.39. The van der Waals surface area contributed by atoms with Crippen LogP contribution in [0, 0.1) is 11.3 Å². The Morgan fingerprint density at radius 1 is 1.30 bits per heavy atom. The first kappa shape index (κ1) is 19.1. The van der Waals surface area contributed by atoms with Crippen LogP contribution in [0.15, 0.2) is 18.2 Å². The van der Waals surface area contributed by atoms with Gasteiger partial charge in [0.1, 0.15) is 5.75 Å². The minimum atomic E-state index is -0.0166. The molecule has 4 rings (SSSR count). The molecule has 2 N–H and O–H groups in total. The predicted molar refractivity (Wildman–Crippen MR) is 111 cm³/mol. The van der Waals surface area contributed by atoms with Crippen LogP contribution in [0.3, 0.4) is 0 Å². The Bertz CT molecular complexity index is 750. The Morgan fingerprint density at radius 3 is 2.81 bits per heavy atom. The molecule has 1 saturated heterocycles. The van der Waals surface area contributed by atoms with Gasteiger partial charge in [0.25, 0.3) is 0 Å². The second-order valence-corrected chi connectivity index (χ2v) is 10.0. The quantitative estimate of drug-likeness (QED) is 0.772. The van der Waals surface area contributed by atoms with Gasteiger partial charge in [-0.15, -0.1) is 0 Å². The zero-order chi connectivity index (χ0) is 19.4. The Balaban J connectivity index is 1.64. The number of piperidine rings is 1.